The Morgan fingerprint density at radius 2 is 1.78 bits per heavy atom. The maximum atomic E-state index is 12.7. The first kappa shape index (κ1) is 16.0. The van der Waals surface area contributed by atoms with Crippen LogP contribution in [0.3, 0.4) is 0 Å². The van der Waals surface area contributed by atoms with Crippen LogP contribution in [0.4, 0.5) is 10.5 Å². The number of hydrogen-bond acceptors (Lipinski definition) is 3. The Bertz CT molecular complexity index is 732. The summed E-state index contributed by atoms with van der Waals surface area (Å²) in [6.07, 6.45) is -0.428. The van der Waals surface area contributed by atoms with Gasteiger partial charge in [0.1, 0.15) is 0 Å². The van der Waals surface area contributed by atoms with Gasteiger partial charge in [-0.15, -0.1) is 0 Å². The normalized spacial score (nSPS) is 20.1. The summed E-state index contributed by atoms with van der Waals surface area (Å²) in [5.74, 6) is 0.0376. The fraction of sp³-hybridized carbons (Fsp3) is 0.222. The Kier molecular flexibility index (Phi) is 4.66. The molecule has 0 bridgehead atoms. The second-order valence-electron chi connectivity index (χ2n) is 5.21. The van der Waals surface area contributed by atoms with Crippen molar-refractivity contribution < 1.29 is 14.3 Å². The number of ether oxygens (including phenoxy) is 1. The number of carbonyl (C=O) groups excluding carboxylic acids is 2. The standard InChI is InChI=1S/C18H16INO3/c1-2-23-18(22)20-14-11-7-6-10-13(14)17(21)15(19)16(20)12-8-4-3-5-9-12/h3-11,15-16H,2H2,1H3/t15-,16-/m1/s1. The van der Waals surface area contributed by atoms with Gasteiger partial charge in [0.15, 0.2) is 5.78 Å². The van der Waals surface area contributed by atoms with E-state index in [9.17, 15) is 9.59 Å². The van der Waals surface area contributed by atoms with Crippen molar-refractivity contribution in [3.8, 4) is 0 Å². The third kappa shape index (κ3) is 2.85. The van der Waals surface area contributed by atoms with Gasteiger partial charge in [-0.2, -0.15) is 0 Å². The zero-order valence-electron chi connectivity index (χ0n) is 12.6. The van der Waals surface area contributed by atoms with Crippen molar-refractivity contribution in [2.45, 2.75) is 16.9 Å². The Balaban J connectivity index is 2.16. The third-order valence-electron chi connectivity index (χ3n) is 3.84. The lowest BCUT2D eigenvalue weighted by Gasteiger charge is -2.38. The lowest BCUT2D eigenvalue weighted by atomic mass is 9.90. The molecule has 0 N–H and O–H groups in total. The van der Waals surface area contributed by atoms with Crippen LogP contribution in [0, 0.1) is 0 Å². The summed E-state index contributed by atoms with van der Waals surface area (Å²) in [4.78, 5) is 26.9. The van der Waals surface area contributed by atoms with E-state index in [2.05, 4.69) is 22.6 Å². The number of rotatable bonds is 2. The van der Waals surface area contributed by atoms with Gasteiger partial charge >= 0.3 is 6.09 Å². The van der Waals surface area contributed by atoms with Crippen LogP contribution in [0.2, 0.25) is 0 Å². The van der Waals surface area contributed by atoms with E-state index in [0.29, 0.717) is 17.9 Å². The number of halogens is 1. The van der Waals surface area contributed by atoms with Gasteiger partial charge in [-0.3, -0.25) is 9.69 Å². The minimum absolute atomic E-state index is 0.0376. The summed E-state index contributed by atoms with van der Waals surface area (Å²) < 4.78 is 4.88. The van der Waals surface area contributed by atoms with Gasteiger partial charge in [0.2, 0.25) is 0 Å². The van der Waals surface area contributed by atoms with Crippen molar-refractivity contribution in [3.63, 3.8) is 0 Å². The molecule has 3 rings (SSSR count). The van der Waals surface area contributed by atoms with Crippen molar-refractivity contribution in [3.05, 3.63) is 65.7 Å². The lowest BCUT2D eigenvalue weighted by molar-refractivity contribution is 0.0976. The molecular formula is C18H16INO3. The van der Waals surface area contributed by atoms with Crippen molar-refractivity contribution in [1.29, 1.82) is 0 Å². The first-order valence-electron chi connectivity index (χ1n) is 7.43. The molecule has 1 amide bonds. The number of hydrogen-bond donors (Lipinski definition) is 0. The predicted octanol–water partition coefficient (Wildman–Crippen LogP) is 4.39. The molecule has 2 atom stereocenters. The van der Waals surface area contributed by atoms with Gasteiger partial charge in [-0.05, 0) is 24.6 Å². The van der Waals surface area contributed by atoms with Gasteiger partial charge in [-0.1, -0.05) is 65.1 Å². The number of alkyl halides is 1. The van der Waals surface area contributed by atoms with Crippen molar-refractivity contribution in [2.24, 2.45) is 0 Å². The number of amides is 1. The molecular weight excluding hydrogens is 405 g/mol. The first-order valence-corrected chi connectivity index (χ1v) is 8.68. The topological polar surface area (TPSA) is 46.6 Å². The van der Waals surface area contributed by atoms with E-state index in [1.807, 2.05) is 42.5 Å². The maximum Gasteiger partial charge on any atom is 0.414 e. The maximum absolute atomic E-state index is 12.7. The van der Waals surface area contributed by atoms with Crippen LogP contribution >= 0.6 is 22.6 Å². The average molecular weight is 421 g/mol. The minimum atomic E-state index is -0.428. The summed E-state index contributed by atoms with van der Waals surface area (Å²) in [7, 11) is 0. The molecule has 2 aromatic carbocycles. The van der Waals surface area contributed by atoms with Crippen molar-refractivity contribution in [1.82, 2.24) is 0 Å². The minimum Gasteiger partial charge on any atom is -0.449 e. The summed E-state index contributed by atoms with van der Waals surface area (Å²) in [5.41, 5.74) is 2.09. The molecule has 5 heteroatoms. The molecule has 23 heavy (non-hydrogen) atoms. The molecule has 0 fully saturated rings. The molecule has 0 saturated carbocycles. The van der Waals surface area contributed by atoms with Crippen molar-refractivity contribution >= 4 is 40.2 Å². The Hall–Kier alpha value is -1.89. The van der Waals surface area contributed by atoms with Crippen molar-refractivity contribution in [2.75, 3.05) is 11.5 Å². The van der Waals surface area contributed by atoms with Gasteiger partial charge in [-0.25, -0.2) is 4.79 Å². The lowest BCUT2D eigenvalue weighted by Crippen LogP contribution is -2.46. The van der Waals surface area contributed by atoms with E-state index >= 15 is 0 Å². The number of anilines is 1. The van der Waals surface area contributed by atoms with E-state index in [1.165, 1.54) is 0 Å². The second kappa shape index (κ2) is 6.70. The number of para-hydroxylation sites is 1. The fourth-order valence-electron chi connectivity index (χ4n) is 2.84. The number of ketones is 1. The number of carbonyl (C=O) groups is 2. The molecule has 0 saturated heterocycles. The molecule has 4 nitrogen and oxygen atoms in total. The SMILES string of the molecule is CCOC(=O)N1c2ccccc2C(=O)[C@H](I)[C@H]1c1ccccc1. The highest BCUT2D eigenvalue weighted by atomic mass is 127. The van der Waals surface area contributed by atoms with Crippen LogP contribution in [0.15, 0.2) is 54.6 Å². The van der Waals surface area contributed by atoms with E-state index < -0.39 is 6.09 Å². The highest BCUT2D eigenvalue weighted by Crippen LogP contribution is 2.42. The molecule has 2 aromatic rings. The van der Waals surface area contributed by atoms with E-state index in [-0.39, 0.29) is 15.7 Å². The van der Waals surface area contributed by atoms with E-state index in [0.717, 1.165) is 5.56 Å². The molecule has 0 unspecified atom stereocenters. The Morgan fingerprint density at radius 1 is 1.13 bits per heavy atom. The van der Waals surface area contributed by atoms with Crippen LogP contribution in [0.25, 0.3) is 0 Å². The summed E-state index contributed by atoms with van der Waals surface area (Å²) in [6, 6.07) is 16.4. The van der Waals surface area contributed by atoms with Crippen LogP contribution in [-0.2, 0) is 4.74 Å². The highest BCUT2D eigenvalue weighted by molar-refractivity contribution is 14.1. The Labute approximate surface area is 148 Å². The van der Waals surface area contributed by atoms with E-state index in [4.69, 9.17) is 4.74 Å². The largest absolute Gasteiger partial charge is 0.449 e. The molecule has 118 valence electrons. The van der Waals surface area contributed by atoms with Crippen LogP contribution in [0.1, 0.15) is 28.9 Å². The van der Waals surface area contributed by atoms with Gasteiger partial charge in [0.25, 0.3) is 0 Å². The molecule has 1 aliphatic heterocycles. The Morgan fingerprint density at radius 3 is 2.48 bits per heavy atom. The van der Waals surface area contributed by atoms with Gasteiger partial charge in [0.05, 0.1) is 22.3 Å². The first-order chi connectivity index (χ1) is 11.1. The zero-order chi connectivity index (χ0) is 16.4. The van der Waals surface area contributed by atoms with Crippen LogP contribution < -0.4 is 4.90 Å². The van der Waals surface area contributed by atoms with Crippen LogP contribution in [-0.4, -0.2) is 22.4 Å². The smallest absolute Gasteiger partial charge is 0.414 e. The average Bonchev–Trinajstić information content (AvgIpc) is 2.58. The predicted molar refractivity (Wildman–Crippen MR) is 97.3 cm³/mol. The summed E-state index contributed by atoms with van der Waals surface area (Å²) >= 11 is 2.12. The number of benzene rings is 2. The number of fused-ring (bicyclic) bond motifs is 1. The molecule has 0 spiro atoms. The third-order valence-corrected chi connectivity index (χ3v) is 5.09. The van der Waals surface area contributed by atoms with Crippen LogP contribution in [0.5, 0.6) is 0 Å². The second-order valence-corrected chi connectivity index (χ2v) is 6.55. The highest BCUT2D eigenvalue weighted by Gasteiger charge is 2.43. The monoisotopic (exact) mass is 421 g/mol. The summed E-state index contributed by atoms with van der Waals surface area (Å²) in [6.45, 7) is 2.07. The zero-order valence-corrected chi connectivity index (χ0v) is 14.8. The summed E-state index contributed by atoms with van der Waals surface area (Å²) in [5, 5.41) is 0. The molecule has 1 aliphatic rings. The number of nitrogens with zero attached hydrogens (tertiary/aromatic N) is 1. The molecule has 0 aliphatic carbocycles. The van der Waals surface area contributed by atoms with E-state index in [1.54, 1.807) is 24.0 Å². The molecule has 0 radical (unpaired) electrons. The fourth-order valence-corrected chi connectivity index (χ4v) is 3.91. The van der Waals surface area contributed by atoms with Gasteiger partial charge in [0, 0.05) is 5.56 Å². The number of Topliss-reactive ketones (excluding diaryl/α,β-unsaturated/α-hetero) is 1. The van der Waals surface area contributed by atoms with Gasteiger partial charge < -0.3 is 4.74 Å². The molecule has 1 heterocycles. The quantitative estimate of drug-likeness (QED) is 0.534. The molecule has 0 aromatic heterocycles.